The van der Waals surface area contributed by atoms with Gasteiger partial charge in [0, 0.05) is 45.0 Å². The third-order valence-electron chi connectivity index (χ3n) is 3.55. The fraction of sp³-hybridized carbons (Fsp3) is 0.769. The molecular weight excluding hydrogens is 212 g/mol. The third-order valence-corrected chi connectivity index (χ3v) is 3.55. The van der Waals surface area contributed by atoms with Gasteiger partial charge in [-0.1, -0.05) is 13.3 Å². The Bertz CT molecular complexity index is 347. The number of rotatable bonds is 4. The molecule has 4 heteroatoms. The van der Waals surface area contributed by atoms with Crippen LogP contribution < -0.4 is 5.32 Å². The van der Waals surface area contributed by atoms with Crippen molar-refractivity contribution in [3.05, 3.63) is 18.0 Å². The maximum Gasteiger partial charge on any atom is 0.0764 e. The zero-order valence-corrected chi connectivity index (χ0v) is 11.2. The van der Waals surface area contributed by atoms with E-state index in [1.807, 2.05) is 17.9 Å². The van der Waals surface area contributed by atoms with Crippen molar-refractivity contribution in [1.82, 2.24) is 20.0 Å². The summed E-state index contributed by atoms with van der Waals surface area (Å²) < 4.78 is 1.88. The van der Waals surface area contributed by atoms with Crippen molar-refractivity contribution < 1.29 is 0 Å². The molecule has 1 aliphatic heterocycles. The van der Waals surface area contributed by atoms with Crippen LogP contribution in [0.4, 0.5) is 0 Å². The van der Waals surface area contributed by atoms with E-state index in [2.05, 4.69) is 35.2 Å². The van der Waals surface area contributed by atoms with Gasteiger partial charge in [0.1, 0.15) is 0 Å². The molecular formula is C13H24N4. The lowest BCUT2D eigenvalue weighted by Gasteiger charge is -2.38. The first kappa shape index (κ1) is 12.6. The van der Waals surface area contributed by atoms with Crippen LogP contribution in [0.2, 0.25) is 0 Å². The Labute approximate surface area is 104 Å². The Morgan fingerprint density at radius 2 is 2.35 bits per heavy atom. The molecule has 1 aliphatic rings. The minimum atomic E-state index is 0.602. The van der Waals surface area contributed by atoms with Gasteiger partial charge in [-0.3, -0.25) is 9.58 Å². The Morgan fingerprint density at radius 1 is 1.53 bits per heavy atom. The minimum Gasteiger partial charge on any atom is -0.311 e. The second-order valence-electron chi connectivity index (χ2n) is 5.15. The summed E-state index contributed by atoms with van der Waals surface area (Å²) in [5.74, 6) is 0. The Balaban J connectivity index is 1.93. The van der Waals surface area contributed by atoms with Crippen LogP contribution in [0.3, 0.4) is 0 Å². The molecule has 96 valence electrons. The van der Waals surface area contributed by atoms with E-state index >= 15 is 0 Å². The summed E-state index contributed by atoms with van der Waals surface area (Å²) in [5, 5.41) is 8.09. The molecule has 1 aromatic heterocycles. The summed E-state index contributed by atoms with van der Waals surface area (Å²) in [6.45, 7) is 7.76. The molecule has 0 spiro atoms. The SMILES string of the molecule is CCCC1CN(Cc2ccn(C)n2)C(C)CN1. The average molecular weight is 236 g/mol. The number of hydrogen-bond donors (Lipinski definition) is 1. The number of hydrogen-bond acceptors (Lipinski definition) is 3. The maximum absolute atomic E-state index is 4.46. The lowest BCUT2D eigenvalue weighted by Crippen LogP contribution is -2.54. The van der Waals surface area contributed by atoms with E-state index in [-0.39, 0.29) is 0 Å². The number of aryl methyl sites for hydroxylation is 1. The number of nitrogens with zero attached hydrogens (tertiary/aromatic N) is 3. The summed E-state index contributed by atoms with van der Waals surface area (Å²) in [7, 11) is 1.98. The predicted molar refractivity (Wildman–Crippen MR) is 69.8 cm³/mol. The zero-order valence-electron chi connectivity index (χ0n) is 11.2. The molecule has 17 heavy (non-hydrogen) atoms. The molecule has 1 aromatic rings. The fourth-order valence-corrected chi connectivity index (χ4v) is 2.51. The van der Waals surface area contributed by atoms with Gasteiger partial charge >= 0.3 is 0 Å². The first-order valence-electron chi connectivity index (χ1n) is 6.65. The second kappa shape index (κ2) is 5.65. The van der Waals surface area contributed by atoms with Crippen molar-refractivity contribution in [1.29, 1.82) is 0 Å². The van der Waals surface area contributed by atoms with Crippen LogP contribution in [-0.2, 0) is 13.6 Å². The van der Waals surface area contributed by atoms with E-state index in [0.29, 0.717) is 12.1 Å². The maximum atomic E-state index is 4.46. The van der Waals surface area contributed by atoms with Crippen LogP contribution in [0.5, 0.6) is 0 Å². The topological polar surface area (TPSA) is 33.1 Å². The van der Waals surface area contributed by atoms with Gasteiger partial charge in [-0.2, -0.15) is 5.10 Å². The summed E-state index contributed by atoms with van der Waals surface area (Å²) in [6.07, 6.45) is 4.54. The van der Waals surface area contributed by atoms with E-state index in [4.69, 9.17) is 0 Å². The fourth-order valence-electron chi connectivity index (χ4n) is 2.51. The largest absolute Gasteiger partial charge is 0.311 e. The first-order valence-corrected chi connectivity index (χ1v) is 6.65. The van der Waals surface area contributed by atoms with Crippen molar-refractivity contribution in [3.63, 3.8) is 0 Å². The second-order valence-corrected chi connectivity index (χ2v) is 5.15. The molecule has 0 amide bonds. The van der Waals surface area contributed by atoms with E-state index in [1.165, 1.54) is 18.5 Å². The molecule has 1 fully saturated rings. The van der Waals surface area contributed by atoms with E-state index in [0.717, 1.165) is 19.6 Å². The van der Waals surface area contributed by atoms with Gasteiger partial charge < -0.3 is 5.32 Å². The van der Waals surface area contributed by atoms with Gasteiger partial charge in [-0.25, -0.2) is 0 Å². The van der Waals surface area contributed by atoms with Gasteiger partial charge in [-0.05, 0) is 19.4 Å². The van der Waals surface area contributed by atoms with Crippen molar-refractivity contribution in [2.75, 3.05) is 13.1 Å². The molecule has 1 N–H and O–H groups in total. The Morgan fingerprint density at radius 3 is 3.00 bits per heavy atom. The van der Waals surface area contributed by atoms with Gasteiger partial charge in [0.25, 0.3) is 0 Å². The van der Waals surface area contributed by atoms with Crippen LogP contribution in [-0.4, -0.2) is 39.9 Å². The predicted octanol–water partition coefficient (Wildman–Crippen LogP) is 1.38. The van der Waals surface area contributed by atoms with E-state index < -0.39 is 0 Å². The smallest absolute Gasteiger partial charge is 0.0764 e. The molecule has 2 atom stereocenters. The van der Waals surface area contributed by atoms with Crippen molar-refractivity contribution in [3.8, 4) is 0 Å². The molecule has 2 heterocycles. The highest BCUT2D eigenvalue weighted by molar-refractivity contribution is 5.00. The zero-order chi connectivity index (χ0) is 12.3. The molecule has 0 aromatic carbocycles. The lowest BCUT2D eigenvalue weighted by atomic mass is 10.1. The van der Waals surface area contributed by atoms with Crippen LogP contribution in [0.25, 0.3) is 0 Å². The molecule has 0 radical (unpaired) electrons. The van der Waals surface area contributed by atoms with Gasteiger partial charge in [0.05, 0.1) is 5.69 Å². The summed E-state index contributed by atoms with van der Waals surface area (Å²) in [6, 6.07) is 3.37. The number of piperazine rings is 1. The normalized spacial score (nSPS) is 26.3. The van der Waals surface area contributed by atoms with E-state index in [1.54, 1.807) is 0 Å². The molecule has 1 saturated heterocycles. The summed E-state index contributed by atoms with van der Waals surface area (Å²) in [5.41, 5.74) is 1.18. The highest BCUT2D eigenvalue weighted by Gasteiger charge is 2.24. The highest BCUT2D eigenvalue weighted by Crippen LogP contribution is 2.13. The number of nitrogens with one attached hydrogen (secondary N) is 1. The summed E-state index contributed by atoms with van der Waals surface area (Å²) >= 11 is 0. The van der Waals surface area contributed by atoms with Gasteiger partial charge in [0.2, 0.25) is 0 Å². The standard InChI is InChI=1S/C13H24N4/c1-4-5-12-9-17(11(2)8-14-12)10-13-6-7-16(3)15-13/h6-7,11-12,14H,4-5,8-10H2,1-3H3. The average Bonchev–Trinajstić information content (AvgIpc) is 2.69. The third kappa shape index (κ3) is 3.30. The molecule has 2 rings (SSSR count). The minimum absolute atomic E-state index is 0.602. The molecule has 0 saturated carbocycles. The van der Waals surface area contributed by atoms with Crippen molar-refractivity contribution in [2.45, 2.75) is 45.3 Å². The first-order chi connectivity index (χ1) is 8.19. The van der Waals surface area contributed by atoms with E-state index in [9.17, 15) is 0 Å². The van der Waals surface area contributed by atoms with Crippen LogP contribution in [0, 0.1) is 0 Å². The van der Waals surface area contributed by atoms with Crippen molar-refractivity contribution in [2.24, 2.45) is 7.05 Å². The van der Waals surface area contributed by atoms with Gasteiger partial charge in [0.15, 0.2) is 0 Å². The highest BCUT2D eigenvalue weighted by atomic mass is 15.3. The molecule has 0 bridgehead atoms. The van der Waals surface area contributed by atoms with Crippen molar-refractivity contribution >= 4 is 0 Å². The molecule has 2 unspecified atom stereocenters. The summed E-state index contributed by atoms with van der Waals surface area (Å²) in [4.78, 5) is 2.54. The van der Waals surface area contributed by atoms with Crippen LogP contribution in [0.15, 0.2) is 12.3 Å². The molecule has 0 aliphatic carbocycles. The van der Waals surface area contributed by atoms with Crippen LogP contribution >= 0.6 is 0 Å². The van der Waals surface area contributed by atoms with Gasteiger partial charge in [-0.15, -0.1) is 0 Å². The Kier molecular flexibility index (Phi) is 4.18. The quantitative estimate of drug-likeness (QED) is 0.857. The Hall–Kier alpha value is -0.870. The molecule has 4 nitrogen and oxygen atoms in total. The number of aromatic nitrogens is 2. The van der Waals surface area contributed by atoms with Crippen LogP contribution in [0.1, 0.15) is 32.4 Å². The monoisotopic (exact) mass is 236 g/mol. The lowest BCUT2D eigenvalue weighted by molar-refractivity contribution is 0.128.